The molecule has 2 aromatic carbocycles. The Morgan fingerprint density at radius 3 is 2.59 bits per heavy atom. The topological polar surface area (TPSA) is 64.6 Å². The maximum atomic E-state index is 11.6. The zero-order valence-corrected chi connectivity index (χ0v) is 16.5. The van der Waals surface area contributed by atoms with Crippen molar-refractivity contribution in [2.24, 2.45) is 0 Å². The highest BCUT2D eigenvalue weighted by Gasteiger charge is 2.29. The molecule has 27 heavy (non-hydrogen) atoms. The molecule has 1 unspecified atom stereocenters. The van der Waals surface area contributed by atoms with Gasteiger partial charge in [0.05, 0.1) is 4.90 Å². The number of para-hydroxylation sites is 1. The molecule has 2 aromatic rings. The number of fused-ring (bicyclic) bond motifs is 1. The van der Waals surface area contributed by atoms with Gasteiger partial charge in [0.2, 0.25) is 6.79 Å². The van der Waals surface area contributed by atoms with Crippen LogP contribution in [-0.2, 0) is 9.84 Å². The Morgan fingerprint density at radius 1 is 1.07 bits per heavy atom. The fourth-order valence-electron chi connectivity index (χ4n) is 4.16. The van der Waals surface area contributed by atoms with E-state index < -0.39 is 9.84 Å². The smallest absolute Gasteiger partial charge is 0.231 e. The average Bonchev–Trinajstić information content (AvgIpc) is 3.30. The molecule has 0 spiro atoms. The van der Waals surface area contributed by atoms with Crippen LogP contribution < -0.4 is 14.8 Å². The van der Waals surface area contributed by atoms with Crippen LogP contribution in [0.1, 0.15) is 49.3 Å². The van der Waals surface area contributed by atoms with E-state index in [0.717, 1.165) is 36.3 Å². The second kappa shape index (κ2) is 7.17. The summed E-state index contributed by atoms with van der Waals surface area (Å²) in [5, 5.41) is 3.73. The molecule has 1 N–H and O–H groups in total. The fraction of sp³-hybridized carbons (Fsp3) is 0.429. The lowest BCUT2D eigenvalue weighted by Gasteiger charge is -2.21. The molecule has 6 heteroatoms. The summed E-state index contributed by atoms with van der Waals surface area (Å²) in [5.41, 5.74) is 2.35. The van der Waals surface area contributed by atoms with Gasteiger partial charge in [0.25, 0.3) is 0 Å². The molecule has 4 rings (SSSR count). The van der Waals surface area contributed by atoms with Gasteiger partial charge in [0.1, 0.15) is 0 Å². The van der Waals surface area contributed by atoms with E-state index in [-0.39, 0.29) is 12.8 Å². The van der Waals surface area contributed by atoms with E-state index >= 15 is 0 Å². The Labute approximate surface area is 160 Å². The zero-order valence-electron chi connectivity index (χ0n) is 15.6. The summed E-state index contributed by atoms with van der Waals surface area (Å²) >= 11 is 0. The number of hydrogen-bond donors (Lipinski definition) is 1. The Bertz CT molecular complexity index is 924. The van der Waals surface area contributed by atoms with E-state index in [9.17, 15) is 8.42 Å². The second-order valence-corrected chi connectivity index (χ2v) is 9.53. The van der Waals surface area contributed by atoms with Gasteiger partial charge in [-0.2, -0.15) is 0 Å². The third-order valence-electron chi connectivity index (χ3n) is 5.59. The van der Waals surface area contributed by atoms with Crippen molar-refractivity contribution in [2.75, 3.05) is 13.0 Å². The molecule has 0 aromatic heterocycles. The van der Waals surface area contributed by atoms with Crippen molar-refractivity contribution < 1.29 is 17.9 Å². The molecule has 5 nitrogen and oxygen atoms in total. The molecular formula is C21H25NO4S. The number of sulfone groups is 1. The molecule has 1 fully saturated rings. The molecule has 1 saturated carbocycles. The number of ether oxygens (including phenoxy) is 2. The van der Waals surface area contributed by atoms with Crippen molar-refractivity contribution in [3.63, 3.8) is 0 Å². The number of rotatable bonds is 5. The first-order valence-electron chi connectivity index (χ1n) is 9.36. The van der Waals surface area contributed by atoms with Crippen molar-refractivity contribution in [3.05, 3.63) is 53.6 Å². The molecule has 1 aliphatic carbocycles. The molecular weight excluding hydrogens is 362 g/mol. The van der Waals surface area contributed by atoms with E-state index in [1.54, 1.807) is 12.1 Å². The van der Waals surface area contributed by atoms with Crippen LogP contribution in [0, 0.1) is 0 Å². The lowest BCUT2D eigenvalue weighted by Crippen LogP contribution is -2.29. The Balaban J connectivity index is 1.41. The molecule has 144 valence electrons. The predicted molar refractivity (Wildman–Crippen MR) is 104 cm³/mol. The summed E-state index contributed by atoms with van der Waals surface area (Å²) in [4.78, 5) is 0.382. The highest BCUT2D eigenvalue weighted by Crippen LogP contribution is 2.40. The highest BCUT2D eigenvalue weighted by atomic mass is 32.2. The summed E-state index contributed by atoms with van der Waals surface area (Å²) in [6.45, 7) is 2.44. The average molecular weight is 388 g/mol. The standard InChI is InChI=1S/C21H25NO4S/c1-14(19-4-3-5-20-21(19)26-13-25-20)22-17-9-6-16(12-17)15-7-10-18(11-8-15)27(2,23)24/h3-5,7-8,10-11,14,16-17,22H,6,9,12-13H2,1-2H3/t14-,16+,17?/m1/s1. The Morgan fingerprint density at radius 2 is 1.85 bits per heavy atom. The van der Waals surface area contributed by atoms with Gasteiger partial charge in [-0.1, -0.05) is 24.3 Å². The molecule has 0 radical (unpaired) electrons. The van der Waals surface area contributed by atoms with Gasteiger partial charge in [-0.3, -0.25) is 0 Å². The lowest BCUT2D eigenvalue weighted by molar-refractivity contribution is 0.172. The van der Waals surface area contributed by atoms with Gasteiger partial charge in [-0.25, -0.2) is 8.42 Å². The summed E-state index contributed by atoms with van der Waals surface area (Å²) in [6, 6.07) is 14.0. The first-order chi connectivity index (χ1) is 12.9. The zero-order chi connectivity index (χ0) is 19.0. The normalized spacial score (nSPS) is 22.7. The first kappa shape index (κ1) is 18.3. The van der Waals surface area contributed by atoms with E-state index in [1.807, 2.05) is 24.3 Å². The number of nitrogens with one attached hydrogen (secondary N) is 1. The van der Waals surface area contributed by atoms with Gasteiger partial charge in [0, 0.05) is 23.9 Å². The largest absolute Gasteiger partial charge is 0.454 e. The van der Waals surface area contributed by atoms with E-state index in [2.05, 4.69) is 18.3 Å². The predicted octanol–water partition coefficient (Wildman–Crippen LogP) is 3.81. The Hall–Kier alpha value is -2.05. The van der Waals surface area contributed by atoms with Crippen molar-refractivity contribution in [3.8, 4) is 11.5 Å². The SMILES string of the molecule is C[C@@H](NC1CC[C@H](c2ccc(S(C)(=O)=O)cc2)C1)c1cccc2c1OCO2. The summed E-state index contributed by atoms with van der Waals surface area (Å²) in [7, 11) is -3.14. The molecule has 1 aliphatic heterocycles. The molecule has 3 atom stereocenters. The van der Waals surface area contributed by atoms with Gasteiger partial charge < -0.3 is 14.8 Å². The van der Waals surface area contributed by atoms with Crippen LogP contribution in [-0.4, -0.2) is 27.5 Å². The van der Waals surface area contributed by atoms with Gasteiger partial charge in [-0.15, -0.1) is 0 Å². The summed E-state index contributed by atoms with van der Waals surface area (Å²) in [6.07, 6.45) is 4.51. The van der Waals surface area contributed by atoms with Crippen LogP contribution in [0.3, 0.4) is 0 Å². The van der Waals surface area contributed by atoms with Gasteiger partial charge in [-0.05, 0) is 55.9 Å². The first-order valence-corrected chi connectivity index (χ1v) is 11.3. The van der Waals surface area contributed by atoms with E-state index in [0.29, 0.717) is 16.9 Å². The van der Waals surface area contributed by atoms with Crippen LogP contribution >= 0.6 is 0 Å². The van der Waals surface area contributed by atoms with Crippen molar-refractivity contribution in [2.45, 2.75) is 49.1 Å². The van der Waals surface area contributed by atoms with Crippen LogP contribution in [0.5, 0.6) is 11.5 Å². The van der Waals surface area contributed by atoms with Crippen molar-refractivity contribution in [1.29, 1.82) is 0 Å². The van der Waals surface area contributed by atoms with Crippen LogP contribution in [0.4, 0.5) is 0 Å². The van der Waals surface area contributed by atoms with Gasteiger partial charge in [0.15, 0.2) is 21.3 Å². The molecule has 0 amide bonds. The molecule has 0 bridgehead atoms. The molecule has 2 aliphatic rings. The number of benzene rings is 2. The third-order valence-corrected chi connectivity index (χ3v) is 6.72. The van der Waals surface area contributed by atoms with Crippen LogP contribution in [0.15, 0.2) is 47.4 Å². The summed E-state index contributed by atoms with van der Waals surface area (Å²) < 4.78 is 34.4. The number of hydrogen-bond acceptors (Lipinski definition) is 5. The minimum atomic E-state index is -3.14. The Kier molecular flexibility index (Phi) is 4.86. The molecule has 0 saturated heterocycles. The monoisotopic (exact) mass is 387 g/mol. The maximum absolute atomic E-state index is 11.6. The van der Waals surface area contributed by atoms with Crippen molar-refractivity contribution >= 4 is 9.84 Å². The minimum Gasteiger partial charge on any atom is -0.454 e. The third kappa shape index (κ3) is 3.82. The second-order valence-electron chi connectivity index (χ2n) is 7.52. The lowest BCUT2D eigenvalue weighted by atomic mass is 9.97. The summed E-state index contributed by atoms with van der Waals surface area (Å²) in [5.74, 6) is 2.13. The maximum Gasteiger partial charge on any atom is 0.231 e. The highest BCUT2D eigenvalue weighted by molar-refractivity contribution is 7.90. The van der Waals surface area contributed by atoms with Crippen LogP contribution in [0.2, 0.25) is 0 Å². The van der Waals surface area contributed by atoms with Gasteiger partial charge >= 0.3 is 0 Å². The van der Waals surface area contributed by atoms with E-state index in [1.165, 1.54) is 11.8 Å². The van der Waals surface area contributed by atoms with Crippen molar-refractivity contribution in [1.82, 2.24) is 5.32 Å². The van der Waals surface area contributed by atoms with Crippen LogP contribution in [0.25, 0.3) is 0 Å². The van der Waals surface area contributed by atoms with E-state index in [4.69, 9.17) is 9.47 Å². The fourth-order valence-corrected chi connectivity index (χ4v) is 4.79. The minimum absolute atomic E-state index is 0.179. The quantitative estimate of drug-likeness (QED) is 0.845. The molecule has 1 heterocycles.